The molecule has 1 aromatic rings. The zero-order valence-electron chi connectivity index (χ0n) is 12.9. The highest BCUT2D eigenvalue weighted by atomic mass is 32.2. The maximum atomic E-state index is 11.8. The summed E-state index contributed by atoms with van der Waals surface area (Å²) >= 11 is 2.01. The molecule has 0 aliphatic carbocycles. The van der Waals surface area contributed by atoms with Gasteiger partial charge in [-0.3, -0.25) is 0 Å². The first-order valence-electron chi connectivity index (χ1n) is 7.69. The van der Waals surface area contributed by atoms with E-state index in [-0.39, 0.29) is 6.03 Å². The van der Waals surface area contributed by atoms with Crippen molar-refractivity contribution in [1.82, 2.24) is 5.32 Å². The van der Waals surface area contributed by atoms with Crippen molar-refractivity contribution < 1.29 is 4.79 Å². The zero-order chi connectivity index (χ0) is 15.1. The summed E-state index contributed by atoms with van der Waals surface area (Å²) in [6.45, 7) is 7.10. The first-order chi connectivity index (χ1) is 10.2. The van der Waals surface area contributed by atoms with Crippen molar-refractivity contribution in [3.63, 3.8) is 0 Å². The van der Waals surface area contributed by atoms with Crippen LogP contribution < -0.4 is 15.5 Å². The molecule has 1 heterocycles. The van der Waals surface area contributed by atoms with E-state index in [1.807, 2.05) is 24.8 Å². The van der Waals surface area contributed by atoms with E-state index in [0.717, 1.165) is 43.7 Å². The Labute approximate surface area is 131 Å². The molecule has 4 nitrogen and oxygen atoms in total. The van der Waals surface area contributed by atoms with E-state index < -0.39 is 0 Å². The summed E-state index contributed by atoms with van der Waals surface area (Å²) < 4.78 is 0. The molecular formula is C16H25N3OS. The number of unbranched alkanes of at least 4 members (excludes halogenated alkanes) is 1. The number of nitrogens with zero attached hydrogens (tertiary/aromatic N) is 1. The lowest BCUT2D eigenvalue weighted by Crippen LogP contribution is -2.32. The van der Waals surface area contributed by atoms with Crippen LogP contribution in [-0.2, 0) is 0 Å². The number of urea groups is 1. The lowest BCUT2D eigenvalue weighted by atomic mass is 10.1. The standard InChI is InChI=1S/C16H25N3OS/c1-3-4-7-17-16(20)18-15-6-5-14(12-13(15)2)19-8-10-21-11-9-19/h5-6,12H,3-4,7-11H2,1-2H3,(H2,17,18,20). The summed E-state index contributed by atoms with van der Waals surface area (Å²) in [6, 6.07) is 6.15. The zero-order valence-corrected chi connectivity index (χ0v) is 13.8. The Morgan fingerprint density at radius 2 is 2.10 bits per heavy atom. The molecule has 116 valence electrons. The number of carbonyl (C=O) groups excluding carboxylic acids is 1. The highest BCUT2D eigenvalue weighted by Gasteiger charge is 2.12. The second-order valence-corrected chi connectivity index (χ2v) is 6.56. The van der Waals surface area contributed by atoms with E-state index in [2.05, 4.69) is 34.6 Å². The van der Waals surface area contributed by atoms with Gasteiger partial charge in [0.25, 0.3) is 0 Å². The molecule has 0 spiro atoms. The molecule has 0 aromatic heterocycles. The van der Waals surface area contributed by atoms with Crippen molar-refractivity contribution in [2.24, 2.45) is 0 Å². The number of carbonyl (C=O) groups is 1. The second kappa shape index (κ2) is 8.17. The number of benzene rings is 1. The summed E-state index contributed by atoms with van der Waals surface area (Å²) in [5.74, 6) is 2.39. The minimum absolute atomic E-state index is 0.117. The van der Waals surface area contributed by atoms with Crippen LogP contribution in [0.5, 0.6) is 0 Å². The fraction of sp³-hybridized carbons (Fsp3) is 0.562. The average molecular weight is 307 g/mol. The fourth-order valence-corrected chi connectivity index (χ4v) is 3.25. The summed E-state index contributed by atoms with van der Waals surface area (Å²) in [4.78, 5) is 14.2. The molecule has 21 heavy (non-hydrogen) atoms. The quantitative estimate of drug-likeness (QED) is 0.819. The molecule has 5 heteroatoms. The van der Waals surface area contributed by atoms with Crippen LogP contribution in [-0.4, -0.2) is 37.2 Å². The topological polar surface area (TPSA) is 44.4 Å². The van der Waals surface area contributed by atoms with E-state index in [1.54, 1.807) is 0 Å². The van der Waals surface area contributed by atoms with Crippen LogP contribution in [0.2, 0.25) is 0 Å². The molecule has 2 amide bonds. The van der Waals surface area contributed by atoms with Crippen molar-refractivity contribution in [3.05, 3.63) is 23.8 Å². The molecule has 1 saturated heterocycles. The van der Waals surface area contributed by atoms with Crippen molar-refractivity contribution >= 4 is 29.2 Å². The van der Waals surface area contributed by atoms with E-state index >= 15 is 0 Å². The van der Waals surface area contributed by atoms with Gasteiger partial charge >= 0.3 is 6.03 Å². The maximum Gasteiger partial charge on any atom is 0.319 e. The Morgan fingerprint density at radius 3 is 2.76 bits per heavy atom. The molecule has 1 aromatic carbocycles. The van der Waals surface area contributed by atoms with Gasteiger partial charge in [0, 0.05) is 42.5 Å². The molecule has 0 saturated carbocycles. The summed E-state index contributed by atoms with van der Waals surface area (Å²) in [7, 11) is 0. The lowest BCUT2D eigenvalue weighted by molar-refractivity contribution is 0.252. The number of amides is 2. The first kappa shape index (κ1) is 16.0. The number of aryl methyl sites for hydroxylation is 1. The van der Waals surface area contributed by atoms with Crippen molar-refractivity contribution in [2.45, 2.75) is 26.7 Å². The smallest absolute Gasteiger partial charge is 0.319 e. The lowest BCUT2D eigenvalue weighted by Gasteiger charge is -2.29. The van der Waals surface area contributed by atoms with Crippen LogP contribution >= 0.6 is 11.8 Å². The Hall–Kier alpha value is -1.36. The van der Waals surface area contributed by atoms with Gasteiger partial charge in [-0.05, 0) is 37.1 Å². The largest absolute Gasteiger partial charge is 0.370 e. The van der Waals surface area contributed by atoms with Gasteiger partial charge in [0.1, 0.15) is 0 Å². The maximum absolute atomic E-state index is 11.8. The molecule has 0 bridgehead atoms. The molecular weight excluding hydrogens is 282 g/mol. The molecule has 1 fully saturated rings. The normalized spacial score (nSPS) is 14.9. The fourth-order valence-electron chi connectivity index (χ4n) is 2.35. The minimum atomic E-state index is -0.117. The van der Waals surface area contributed by atoms with Gasteiger partial charge in [-0.25, -0.2) is 4.79 Å². The molecule has 2 rings (SSSR count). The number of hydrogen-bond acceptors (Lipinski definition) is 3. The molecule has 2 N–H and O–H groups in total. The van der Waals surface area contributed by atoms with Crippen LogP contribution in [0.15, 0.2) is 18.2 Å². The van der Waals surface area contributed by atoms with Gasteiger partial charge < -0.3 is 15.5 Å². The summed E-state index contributed by atoms with van der Waals surface area (Å²) in [6.07, 6.45) is 2.10. The van der Waals surface area contributed by atoms with Crippen molar-refractivity contribution in [1.29, 1.82) is 0 Å². The van der Waals surface area contributed by atoms with Gasteiger partial charge in [0.2, 0.25) is 0 Å². The van der Waals surface area contributed by atoms with E-state index in [9.17, 15) is 4.79 Å². The number of rotatable bonds is 5. The Bertz CT molecular complexity index is 473. The van der Waals surface area contributed by atoms with E-state index in [4.69, 9.17) is 0 Å². The van der Waals surface area contributed by atoms with Gasteiger partial charge in [-0.2, -0.15) is 11.8 Å². The first-order valence-corrected chi connectivity index (χ1v) is 8.84. The second-order valence-electron chi connectivity index (χ2n) is 5.33. The summed E-state index contributed by atoms with van der Waals surface area (Å²) in [5.41, 5.74) is 3.25. The number of nitrogens with one attached hydrogen (secondary N) is 2. The van der Waals surface area contributed by atoms with Crippen LogP contribution in [0.4, 0.5) is 16.2 Å². The summed E-state index contributed by atoms with van der Waals surface area (Å²) in [5, 5.41) is 5.80. The third kappa shape index (κ3) is 4.84. The number of anilines is 2. The van der Waals surface area contributed by atoms with Crippen molar-refractivity contribution in [2.75, 3.05) is 41.4 Å². The highest BCUT2D eigenvalue weighted by Crippen LogP contribution is 2.24. The molecule has 1 aliphatic heterocycles. The molecule has 0 atom stereocenters. The minimum Gasteiger partial charge on any atom is -0.370 e. The highest BCUT2D eigenvalue weighted by molar-refractivity contribution is 7.99. The average Bonchev–Trinajstić information content (AvgIpc) is 2.50. The van der Waals surface area contributed by atoms with E-state index in [1.165, 1.54) is 17.2 Å². The predicted octanol–water partition coefficient (Wildman–Crippen LogP) is 3.47. The SMILES string of the molecule is CCCCNC(=O)Nc1ccc(N2CCSCC2)cc1C. The van der Waals surface area contributed by atoms with E-state index in [0.29, 0.717) is 0 Å². The van der Waals surface area contributed by atoms with Gasteiger partial charge in [0.15, 0.2) is 0 Å². The molecule has 1 aliphatic rings. The van der Waals surface area contributed by atoms with Crippen LogP contribution in [0.1, 0.15) is 25.3 Å². The molecule has 0 radical (unpaired) electrons. The number of hydrogen-bond donors (Lipinski definition) is 2. The predicted molar refractivity (Wildman–Crippen MR) is 92.6 cm³/mol. The van der Waals surface area contributed by atoms with Gasteiger partial charge in [0.05, 0.1) is 0 Å². The van der Waals surface area contributed by atoms with Gasteiger partial charge in [-0.15, -0.1) is 0 Å². The van der Waals surface area contributed by atoms with Crippen LogP contribution in [0, 0.1) is 6.92 Å². The Balaban J connectivity index is 1.93. The molecule has 0 unspecified atom stereocenters. The third-order valence-corrected chi connectivity index (χ3v) is 4.59. The monoisotopic (exact) mass is 307 g/mol. The van der Waals surface area contributed by atoms with Gasteiger partial charge in [-0.1, -0.05) is 13.3 Å². The Kier molecular flexibility index (Phi) is 6.23. The number of thioether (sulfide) groups is 1. The van der Waals surface area contributed by atoms with Crippen LogP contribution in [0.3, 0.4) is 0 Å². The van der Waals surface area contributed by atoms with Crippen molar-refractivity contribution in [3.8, 4) is 0 Å². The Morgan fingerprint density at radius 1 is 1.33 bits per heavy atom. The van der Waals surface area contributed by atoms with Crippen LogP contribution in [0.25, 0.3) is 0 Å². The third-order valence-electron chi connectivity index (χ3n) is 3.65.